The van der Waals surface area contributed by atoms with E-state index in [9.17, 15) is 13.2 Å². The van der Waals surface area contributed by atoms with E-state index in [4.69, 9.17) is 0 Å². The average molecular weight is 444 g/mol. The molecule has 0 aliphatic heterocycles. The van der Waals surface area contributed by atoms with Crippen LogP contribution in [0, 0.1) is 0 Å². The van der Waals surface area contributed by atoms with E-state index in [0.717, 1.165) is 16.5 Å². The Balaban J connectivity index is 1.42. The molecule has 0 saturated heterocycles. The number of hydrogen-bond donors (Lipinski definition) is 2. The van der Waals surface area contributed by atoms with Gasteiger partial charge in [0.05, 0.1) is 16.0 Å². The molecule has 32 heavy (non-hydrogen) atoms. The van der Waals surface area contributed by atoms with Gasteiger partial charge in [0, 0.05) is 35.2 Å². The Bertz CT molecular complexity index is 1530. The third-order valence-electron chi connectivity index (χ3n) is 5.58. The van der Waals surface area contributed by atoms with Crippen molar-refractivity contribution in [2.75, 3.05) is 6.54 Å². The number of fused-ring (bicyclic) bond motifs is 2. The highest BCUT2D eigenvalue weighted by Crippen LogP contribution is 2.26. The molecule has 5 aromatic rings. The summed E-state index contributed by atoms with van der Waals surface area (Å²) in [4.78, 5) is 16.4. The number of nitrogens with one attached hydrogen (secondary N) is 2. The minimum absolute atomic E-state index is 0.173. The summed E-state index contributed by atoms with van der Waals surface area (Å²) < 4.78 is 27.6. The van der Waals surface area contributed by atoms with Crippen molar-refractivity contribution in [1.29, 1.82) is 0 Å². The van der Waals surface area contributed by atoms with Crippen LogP contribution >= 0.6 is 0 Å². The zero-order valence-electron chi connectivity index (χ0n) is 17.2. The van der Waals surface area contributed by atoms with Crippen LogP contribution in [0.5, 0.6) is 0 Å². The van der Waals surface area contributed by atoms with E-state index in [0.29, 0.717) is 29.4 Å². The first kappa shape index (κ1) is 20.1. The Morgan fingerprint density at radius 3 is 2.38 bits per heavy atom. The summed E-state index contributed by atoms with van der Waals surface area (Å²) in [5.74, 6) is -0.303. The molecule has 0 atom stereocenters. The zero-order chi connectivity index (χ0) is 22.1. The number of benzene rings is 3. The van der Waals surface area contributed by atoms with Gasteiger partial charge >= 0.3 is 0 Å². The molecule has 0 spiro atoms. The maximum absolute atomic E-state index is 13.2. The lowest BCUT2D eigenvalue weighted by atomic mass is 10.1. The van der Waals surface area contributed by atoms with Gasteiger partial charge in [-0.25, -0.2) is 12.4 Å². The minimum atomic E-state index is -3.83. The molecule has 0 aliphatic carbocycles. The summed E-state index contributed by atoms with van der Waals surface area (Å²) in [5, 5.41) is 4.66. The highest BCUT2D eigenvalue weighted by atomic mass is 32.2. The lowest BCUT2D eigenvalue weighted by Gasteiger charge is -2.07. The van der Waals surface area contributed by atoms with Crippen molar-refractivity contribution in [3.8, 4) is 0 Å². The Hall–Kier alpha value is -3.84. The van der Waals surface area contributed by atoms with Crippen LogP contribution < -0.4 is 5.32 Å². The highest BCUT2D eigenvalue weighted by molar-refractivity contribution is 7.90. The number of carbonyl (C=O) groups excluding carboxylic acids is 1. The van der Waals surface area contributed by atoms with E-state index in [2.05, 4.69) is 10.3 Å². The smallest absolute Gasteiger partial charge is 0.268 e. The van der Waals surface area contributed by atoms with Gasteiger partial charge in [0.1, 0.15) is 0 Å². The molecule has 0 radical (unpaired) electrons. The van der Waals surface area contributed by atoms with Crippen molar-refractivity contribution in [3.63, 3.8) is 0 Å². The van der Waals surface area contributed by atoms with E-state index in [-0.39, 0.29) is 10.8 Å². The number of nitrogens with zero attached hydrogens (tertiary/aromatic N) is 1. The lowest BCUT2D eigenvalue weighted by Crippen LogP contribution is -2.25. The molecule has 2 N–H and O–H groups in total. The number of para-hydroxylation sites is 2. The van der Waals surface area contributed by atoms with Gasteiger partial charge in [-0.1, -0.05) is 54.6 Å². The SMILES string of the molecule is O=C(NCCc1c[nH]c2ccccc12)c1cn(S(=O)(=O)c2ccccc2)c2ccccc12. The number of carbonyl (C=O) groups is 1. The molecule has 3 aromatic carbocycles. The Kier molecular flexibility index (Phi) is 5.03. The van der Waals surface area contributed by atoms with Crippen molar-refractivity contribution in [3.05, 3.63) is 102 Å². The normalized spacial score (nSPS) is 11.8. The number of amides is 1. The summed E-state index contributed by atoms with van der Waals surface area (Å²) in [6.45, 7) is 0.436. The van der Waals surface area contributed by atoms with Crippen molar-refractivity contribution in [2.45, 2.75) is 11.3 Å². The van der Waals surface area contributed by atoms with E-state index < -0.39 is 10.0 Å². The molecular weight excluding hydrogens is 422 g/mol. The van der Waals surface area contributed by atoms with Crippen LogP contribution in [0.4, 0.5) is 0 Å². The van der Waals surface area contributed by atoms with Gasteiger partial charge < -0.3 is 10.3 Å². The third-order valence-corrected chi connectivity index (χ3v) is 7.27. The monoisotopic (exact) mass is 443 g/mol. The number of rotatable bonds is 6. The molecule has 2 aromatic heterocycles. The number of aromatic amines is 1. The molecule has 0 saturated carbocycles. The summed E-state index contributed by atoms with van der Waals surface area (Å²) in [7, 11) is -3.83. The second-order valence-corrected chi connectivity index (χ2v) is 9.35. The molecule has 160 valence electrons. The van der Waals surface area contributed by atoms with Gasteiger partial charge in [-0.2, -0.15) is 0 Å². The van der Waals surface area contributed by atoms with Gasteiger partial charge in [0.15, 0.2) is 0 Å². The van der Waals surface area contributed by atoms with Crippen LogP contribution in [-0.4, -0.2) is 29.8 Å². The lowest BCUT2D eigenvalue weighted by molar-refractivity contribution is 0.0956. The fourth-order valence-electron chi connectivity index (χ4n) is 3.98. The molecule has 1 amide bonds. The standard InChI is InChI=1S/C25H21N3O3S/c29-25(26-15-14-18-16-27-23-12-6-4-10-20(18)23)22-17-28(24-13-7-5-11-21(22)24)32(30,31)19-8-2-1-3-9-19/h1-13,16-17,27H,14-15H2,(H,26,29). The second-order valence-electron chi connectivity index (χ2n) is 7.54. The molecule has 7 heteroatoms. The fourth-order valence-corrected chi connectivity index (χ4v) is 5.37. The van der Waals surface area contributed by atoms with Crippen LogP contribution in [0.1, 0.15) is 15.9 Å². The highest BCUT2D eigenvalue weighted by Gasteiger charge is 2.23. The predicted molar refractivity (Wildman–Crippen MR) is 125 cm³/mol. The Morgan fingerprint density at radius 2 is 1.56 bits per heavy atom. The molecule has 0 bridgehead atoms. The summed E-state index contributed by atoms with van der Waals surface area (Å²) in [6.07, 6.45) is 4.03. The molecule has 5 rings (SSSR count). The van der Waals surface area contributed by atoms with Crippen LogP contribution in [-0.2, 0) is 16.4 Å². The zero-order valence-corrected chi connectivity index (χ0v) is 18.0. The first-order chi connectivity index (χ1) is 15.6. The number of hydrogen-bond acceptors (Lipinski definition) is 3. The third kappa shape index (κ3) is 3.46. The molecule has 0 unspecified atom stereocenters. The van der Waals surface area contributed by atoms with E-state index in [1.54, 1.807) is 54.6 Å². The largest absolute Gasteiger partial charge is 0.361 e. The quantitative estimate of drug-likeness (QED) is 0.410. The minimum Gasteiger partial charge on any atom is -0.361 e. The maximum Gasteiger partial charge on any atom is 0.268 e. The van der Waals surface area contributed by atoms with E-state index in [1.165, 1.54) is 10.2 Å². The second kappa shape index (κ2) is 8.01. The van der Waals surface area contributed by atoms with Gasteiger partial charge in [0.2, 0.25) is 0 Å². The van der Waals surface area contributed by atoms with Crippen molar-refractivity contribution in [1.82, 2.24) is 14.3 Å². The van der Waals surface area contributed by atoms with Crippen LogP contribution in [0.25, 0.3) is 21.8 Å². The Morgan fingerprint density at radius 1 is 0.875 bits per heavy atom. The van der Waals surface area contributed by atoms with Crippen molar-refractivity contribution >= 4 is 37.7 Å². The van der Waals surface area contributed by atoms with E-state index in [1.807, 2.05) is 30.5 Å². The Labute approximate surface area is 185 Å². The molecular formula is C25H21N3O3S. The number of aromatic nitrogens is 2. The molecule has 0 fully saturated rings. The molecule has 2 heterocycles. The predicted octanol–water partition coefficient (Wildman–Crippen LogP) is 4.33. The van der Waals surface area contributed by atoms with Gasteiger partial charge in [-0.15, -0.1) is 0 Å². The summed E-state index contributed by atoms with van der Waals surface area (Å²) in [6, 6.07) is 23.3. The number of H-pyrrole nitrogens is 1. The summed E-state index contributed by atoms with van der Waals surface area (Å²) in [5.41, 5.74) is 2.98. The molecule has 6 nitrogen and oxygen atoms in total. The first-order valence-corrected chi connectivity index (χ1v) is 11.7. The van der Waals surface area contributed by atoms with Crippen LogP contribution in [0.2, 0.25) is 0 Å². The van der Waals surface area contributed by atoms with Gasteiger partial charge in [0.25, 0.3) is 15.9 Å². The van der Waals surface area contributed by atoms with Gasteiger partial charge in [-0.3, -0.25) is 4.79 Å². The van der Waals surface area contributed by atoms with Crippen LogP contribution in [0.3, 0.4) is 0 Å². The van der Waals surface area contributed by atoms with Crippen molar-refractivity contribution < 1.29 is 13.2 Å². The van der Waals surface area contributed by atoms with Crippen molar-refractivity contribution in [2.24, 2.45) is 0 Å². The fraction of sp³-hybridized carbons (Fsp3) is 0.0800. The average Bonchev–Trinajstić information content (AvgIpc) is 3.42. The first-order valence-electron chi connectivity index (χ1n) is 10.3. The van der Waals surface area contributed by atoms with Crippen LogP contribution in [0.15, 0.2) is 96.2 Å². The van der Waals surface area contributed by atoms with Gasteiger partial charge in [-0.05, 0) is 36.2 Å². The topological polar surface area (TPSA) is 84.0 Å². The maximum atomic E-state index is 13.2. The summed E-state index contributed by atoms with van der Waals surface area (Å²) >= 11 is 0. The van der Waals surface area contributed by atoms with E-state index >= 15 is 0 Å². The molecule has 0 aliphatic rings.